The molecule has 0 saturated heterocycles. The first-order valence-electron chi connectivity index (χ1n) is 3.53. The van der Waals surface area contributed by atoms with Crippen molar-refractivity contribution < 1.29 is 9.13 Å². The fourth-order valence-electron chi connectivity index (χ4n) is 1.34. The van der Waals surface area contributed by atoms with Crippen molar-refractivity contribution in [2.75, 3.05) is 0 Å². The standard InChI is InChI=1S/C6H10O2P2/c7-9-5-3-1-2-4-6(5)10-8/h5-6H,1-4H2. The summed E-state index contributed by atoms with van der Waals surface area (Å²) in [6.07, 6.45) is 4.24. The summed E-state index contributed by atoms with van der Waals surface area (Å²) in [5, 5.41) is 0. The van der Waals surface area contributed by atoms with Crippen LogP contribution in [0.15, 0.2) is 0 Å². The van der Waals surface area contributed by atoms with E-state index in [2.05, 4.69) is 0 Å². The SMILES string of the molecule is O=PC1CCCCC1P=O. The Morgan fingerprint density at radius 2 is 1.30 bits per heavy atom. The lowest BCUT2D eigenvalue weighted by atomic mass is 10.00. The van der Waals surface area contributed by atoms with E-state index in [1.54, 1.807) is 0 Å². The molecule has 56 valence electrons. The topological polar surface area (TPSA) is 34.1 Å². The molecule has 0 aromatic heterocycles. The lowest BCUT2D eigenvalue weighted by molar-refractivity contribution is 0.493. The Morgan fingerprint density at radius 3 is 1.60 bits per heavy atom. The lowest BCUT2D eigenvalue weighted by Gasteiger charge is -2.20. The second-order valence-electron chi connectivity index (χ2n) is 2.63. The fraction of sp³-hybridized carbons (Fsp3) is 1.00. The third-order valence-electron chi connectivity index (χ3n) is 1.96. The average Bonchev–Trinajstić information content (AvgIpc) is 2.04. The van der Waals surface area contributed by atoms with Gasteiger partial charge in [-0.2, -0.15) is 0 Å². The zero-order valence-corrected chi connectivity index (χ0v) is 7.48. The van der Waals surface area contributed by atoms with Gasteiger partial charge in [0.15, 0.2) is 16.9 Å². The van der Waals surface area contributed by atoms with E-state index in [4.69, 9.17) is 0 Å². The molecule has 10 heavy (non-hydrogen) atoms. The van der Waals surface area contributed by atoms with Gasteiger partial charge in [-0.15, -0.1) is 0 Å². The molecule has 2 unspecified atom stereocenters. The molecule has 2 atom stereocenters. The van der Waals surface area contributed by atoms with Gasteiger partial charge in [-0.1, -0.05) is 12.8 Å². The van der Waals surface area contributed by atoms with E-state index in [0.717, 1.165) is 25.7 Å². The third kappa shape index (κ3) is 1.84. The number of hydrogen-bond donors (Lipinski definition) is 0. The van der Waals surface area contributed by atoms with Gasteiger partial charge in [0, 0.05) is 0 Å². The van der Waals surface area contributed by atoms with Crippen LogP contribution in [0.3, 0.4) is 0 Å². The van der Waals surface area contributed by atoms with Crippen molar-refractivity contribution in [2.24, 2.45) is 0 Å². The minimum Gasteiger partial charge on any atom is -0.275 e. The normalized spacial score (nSPS) is 34.8. The monoisotopic (exact) mass is 176 g/mol. The van der Waals surface area contributed by atoms with E-state index in [1.165, 1.54) is 0 Å². The summed E-state index contributed by atoms with van der Waals surface area (Å²) in [5.41, 5.74) is 0.320. The first kappa shape index (κ1) is 8.30. The van der Waals surface area contributed by atoms with Crippen LogP contribution in [0.5, 0.6) is 0 Å². The maximum atomic E-state index is 10.5. The maximum absolute atomic E-state index is 10.5. The van der Waals surface area contributed by atoms with Gasteiger partial charge in [0.05, 0.1) is 11.3 Å². The molecule has 1 aliphatic carbocycles. The fourth-order valence-corrected chi connectivity index (χ4v) is 2.82. The van der Waals surface area contributed by atoms with Gasteiger partial charge in [-0.25, -0.2) is 0 Å². The Bertz CT molecular complexity index is 122. The highest BCUT2D eigenvalue weighted by atomic mass is 31.1. The van der Waals surface area contributed by atoms with Gasteiger partial charge in [0.1, 0.15) is 0 Å². The Labute approximate surface area is 63.8 Å². The summed E-state index contributed by atoms with van der Waals surface area (Å²) >= 11 is 0. The molecule has 4 heteroatoms. The molecule has 0 amide bonds. The van der Waals surface area contributed by atoms with Crippen LogP contribution in [0.1, 0.15) is 25.7 Å². The smallest absolute Gasteiger partial charge is 0.159 e. The predicted octanol–water partition coefficient (Wildman–Crippen LogP) is 2.88. The van der Waals surface area contributed by atoms with Gasteiger partial charge in [0.25, 0.3) is 0 Å². The summed E-state index contributed by atoms with van der Waals surface area (Å²) < 4.78 is 21.0. The van der Waals surface area contributed by atoms with E-state index < -0.39 is 0 Å². The Morgan fingerprint density at radius 1 is 0.900 bits per heavy atom. The van der Waals surface area contributed by atoms with Gasteiger partial charge in [0.2, 0.25) is 0 Å². The summed E-state index contributed by atoms with van der Waals surface area (Å²) in [6.45, 7) is 0. The molecule has 1 aliphatic rings. The third-order valence-corrected chi connectivity index (χ3v) is 3.98. The lowest BCUT2D eigenvalue weighted by Crippen LogP contribution is -2.19. The van der Waals surface area contributed by atoms with Gasteiger partial charge < -0.3 is 0 Å². The number of rotatable bonds is 2. The molecule has 0 aromatic rings. The van der Waals surface area contributed by atoms with Gasteiger partial charge in [-0.05, 0) is 12.8 Å². The van der Waals surface area contributed by atoms with Gasteiger partial charge in [-0.3, -0.25) is 9.13 Å². The van der Waals surface area contributed by atoms with Crippen LogP contribution in [0, 0.1) is 0 Å². The van der Waals surface area contributed by atoms with Crippen LogP contribution in [-0.2, 0) is 9.13 Å². The molecule has 1 fully saturated rings. The summed E-state index contributed by atoms with van der Waals surface area (Å²) in [5.74, 6) is 0. The van der Waals surface area contributed by atoms with E-state index in [1.807, 2.05) is 0 Å². The molecule has 1 saturated carbocycles. The second kappa shape index (κ2) is 4.16. The van der Waals surface area contributed by atoms with E-state index in [-0.39, 0.29) is 28.2 Å². The van der Waals surface area contributed by atoms with Crippen molar-refractivity contribution in [3.63, 3.8) is 0 Å². The molecule has 0 aromatic carbocycles. The van der Waals surface area contributed by atoms with E-state index >= 15 is 0 Å². The van der Waals surface area contributed by atoms with E-state index in [0.29, 0.717) is 0 Å². The summed E-state index contributed by atoms with van der Waals surface area (Å²) in [6, 6.07) is 0. The van der Waals surface area contributed by atoms with Crippen LogP contribution >= 0.6 is 16.9 Å². The zero-order valence-electron chi connectivity index (χ0n) is 5.69. The Hall–Kier alpha value is 0.200. The van der Waals surface area contributed by atoms with Crippen LogP contribution in [-0.4, -0.2) is 11.3 Å². The Balaban J connectivity index is 2.49. The van der Waals surface area contributed by atoms with Crippen molar-refractivity contribution in [1.82, 2.24) is 0 Å². The molecule has 0 heterocycles. The first-order chi connectivity index (χ1) is 4.88. The molecule has 1 rings (SSSR count). The molecule has 2 nitrogen and oxygen atoms in total. The largest absolute Gasteiger partial charge is 0.275 e. The van der Waals surface area contributed by atoms with Crippen molar-refractivity contribution in [2.45, 2.75) is 37.0 Å². The molecule has 0 spiro atoms. The molecule has 0 bridgehead atoms. The maximum Gasteiger partial charge on any atom is 0.159 e. The highest BCUT2D eigenvalue weighted by molar-refractivity contribution is 7.30. The predicted molar refractivity (Wildman–Crippen MR) is 41.3 cm³/mol. The molecular formula is C6H10O2P2. The molecule has 0 aliphatic heterocycles. The van der Waals surface area contributed by atoms with Crippen LogP contribution in [0.2, 0.25) is 0 Å². The van der Waals surface area contributed by atoms with Crippen molar-refractivity contribution >= 4 is 16.9 Å². The van der Waals surface area contributed by atoms with Crippen LogP contribution in [0.4, 0.5) is 0 Å². The molecule has 0 N–H and O–H groups in total. The summed E-state index contributed by atoms with van der Waals surface area (Å²) in [7, 11) is 0.359. The molecule has 0 radical (unpaired) electrons. The van der Waals surface area contributed by atoms with Gasteiger partial charge >= 0.3 is 0 Å². The minimum absolute atomic E-state index is 0.160. The quantitative estimate of drug-likeness (QED) is 0.606. The summed E-state index contributed by atoms with van der Waals surface area (Å²) in [4.78, 5) is 0. The number of hydrogen-bond acceptors (Lipinski definition) is 2. The van der Waals surface area contributed by atoms with Crippen molar-refractivity contribution in [3.05, 3.63) is 0 Å². The average molecular weight is 176 g/mol. The Kier molecular flexibility index (Phi) is 3.45. The van der Waals surface area contributed by atoms with Crippen LogP contribution in [0.25, 0.3) is 0 Å². The second-order valence-corrected chi connectivity index (χ2v) is 4.38. The van der Waals surface area contributed by atoms with Crippen molar-refractivity contribution in [3.8, 4) is 0 Å². The molecular weight excluding hydrogens is 166 g/mol. The minimum atomic E-state index is 0.160. The van der Waals surface area contributed by atoms with E-state index in [9.17, 15) is 9.13 Å². The highest BCUT2D eigenvalue weighted by Crippen LogP contribution is 2.34. The first-order valence-corrected chi connectivity index (χ1v) is 5.29. The van der Waals surface area contributed by atoms with Crippen molar-refractivity contribution in [1.29, 1.82) is 0 Å². The highest BCUT2D eigenvalue weighted by Gasteiger charge is 2.25. The van der Waals surface area contributed by atoms with Crippen LogP contribution < -0.4 is 0 Å². The zero-order chi connectivity index (χ0) is 7.40.